The van der Waals surface area contributed by atoms with Gasteiger partial charge < -0.3 is 55.1 Å². The fraction of sp³-hybridized carbons (Fsp3) is 0.800. The number of cyclic esters (lactones) is 1. The van der Waals surface area contributed by atoms with Crippen LogP contribution in [0.5, 0.6) is 0 Å². The quantitative estimate of drug-likeness (QED) is 0.0492. The van der Waals surface area contributed by atoms with Gasteiger partial charge in [-0.25, -0.2) is 4.79 Å². The van der Waals surface area contributed by atoms with Gasteiger partial charge in [-0.3, -0.25) is 4.79 Å². The van der Waals surface area contributed by atoms with Crippen LogP contribution in [-0.4, -0.2) is 108 Å². The largest absolute Gasteiger partial charge is 0.505 e. The summed E-state index contributed by atoms with van der Waals surface area (Å²) in [7, 11) is 0. The number of esters is 1. The molecular formula is C30H50O13. The van der Waals surface area contributed by atoms with Crippen molar-refractivity contribution in [1.29, 1.82) is 0 Å². The molecule has 43 heavy (non-hydrogen) atoms. The first-order chi connectivity index (χ1) is 20.6. The lowest BCUT2D eigenvalue weighted by Crippen LogP contribution is -2.59. The lowest BCUT2D eigenvalue weighted by Gasteiger charge is -2.39. The molecule has 0 radical (unpaired) electrons. The molecule has 0 aromatic rings. The van der Waals surface area contributed by atoms with Crippen molar-refractivity contribution in [2.24, 2.45) is 0 Å². The highest BCUT2D eigenvalue weighted by Gasteiger charge is 2.48. The number of unbranched alkanes of at least 4 members (excludes halogenated alkanes) is 11. The molecule has 8 N–H and O–H groups in total. The van der Waals surface area contributed by atoms with Crippen LogP contribution in [0.2, 0.25) is 0 Å². The monoisotopic (exact) mass is 618 g/mol. The number of carboxylic acid groups (broad SMARTS) is 1. The number of carbonyl (C=O) groups excluding carboxylic acids is 1. The van der Waals surface area contributed by atoms with Crippen LogP contribution in [0.4, 0.5) is 0 Å². The maximum absolute atomic E-state index is 12.3. The average molecular weight is 619 g/mol. The number of hydrogen-bond acceptors (Lipinski definition) is 12. The summed E-state index contributed by atoms with van der Waals surface area (Å²) >= 11 is 0. The molecule has 0 spiro atoms. The summed E-state index contributed by atoms with van der Waals surface area (Å²) in [4.78, 5) is 22.7. The first-order valence-electron chi connectivity index (χ1n) is 15.4. The van der Waals surface area contributed by atoms with E-state index in [1.165, 1.54) is 0 Å². The molecule has 2 aliphatic heterocycles. The Morgan fingerprint density at radius 3 is 1.98 bits per heavy atom. The number of aliphatic hydroxyl groups is 7. The van der Waals surface area contributed by atoms with E-state index in [1.807, 2.05) is 0 Å². The van der Waals surface area contributed by atoms with E-state index in [9.17, 15) is 45.3 Å². The number of rotatable bonds is 22. The maximum atomic E-state index is 12.3. The number of carboxylic acids is 1. The summed E-state index contributed by atoms with van der Waals surface area (Å²) < 4.78 is 15.3. The highest BCUT2D eigenvalue weighted by molar-refractivity contribution is 5.89. The summed E-state index contributed by atoms with van der Waals surface area (Å²) in [6.07, 6.45) is 4.93. The maximum Gasteiger partial charge on any atom is 0.378 e. The molecule has 2 heterocycles. The highest BCUT2D eigenvalue weighted by atomic mass is 16.7. The Morgan fingerprint density at radius 2 is 1.40 bits per heavy atom. The highest BCUT2D eigenvalue weighted by Crippen LogP contribution is 2.30. The van der Waals surface area contributed by atoms with Crippen molar-refractivity contribution in [3.05, 3.63) is 23.7 Å². The Balaban J connectivity index is 1.58. The summed E-state index contributed by atoms with van der Waals surface area (Å²) in [5, 5.41) is 79.1. The molecule has 2 aliphatic rings. The second-order valence-electron chi connectivity index (χ2n) is 11.3. The molecular weight excluding hydrogens is 568 g/mol. The zero-order chi connectivity index (χ0) is 31.8. The van der Waals surface area contributed by atoms with Gasteiger partial charge >= 0.3 is 11.9 Å². The SMILES string of the molecule is O=C(O)CCCCCCC/C=C\CCCCCCCCC(O)[C@H](O)[C@H]1OC(=O)C(OC2O[C@H](CO)[C@@H](O)[C@H](O)[C@H]2O)=C1O. The van der Waals surface area contributed by atoms with Crippen molar-refractivity contribution in [2.45, 2.75) is 145 Å². The van der Waals surface area contributed by atoms with Gasteiger partial charge in [0.05, 0.1) is 12.7 Å². The summed E-state index contributed by atoms with van der Waals surface area (Å²) in [5.41, 5.74) is 0. The third-order valence-electron chi connectivity index (χ3n) is 7.76. The van der Waals surface area contributed by atoms with Crippen LogP contribution < -0.4 is 0 Å². The normalized spacial score (nSPS) is 27.4. The molecule has 1 fully saturated rings. The van der Waals surface area contributed by atoms with E-state index in [1.54, 1.807) is 0 Å². The van der Waals surface area contributed by atoms with E-state index in [0.717, 1.165) is 77.0 Å². The molecule has 0 amide bonds. The molecule has 1 saturated heterocycles. The van der Waals surface area contributed by atoms with Crippen LogP contribution in [0, 0.1) is 0 Å². The Hall–Kier alpha value is -2.26. The summed E-state index contributed by atoms with van der Waals surface area (Å²) in [6, 6.07) is 0. The van der Waals surface area contributed by atoms with Gasteiger partial charge in [-0.1, -0.05) is 63.5 Å². The Kier molecular flexibility index (Phi) is 17.1. The van der Waals surface area contributed by atoms with E-state index in [4.69, 9.17) is 19.3 Å². The molecule has 2 unspecified atom stereocenters. The van der Waals surface area contributed by atoms with Crippen LogP contribution in [0.25, 0.3) is 0 Å². The van der Waals surface area contributed by atoms with Crippen molar-refractivity contribution in [2.75, 3.05) is 6.61 Å². The van der Waals surface area contributed by atoms with Crippen molar-refractivity contribution in [3.63, 3.8) is 0 Å². The Morgan fingerprint density at radius 1 is 0.837 bits per heavy atom. The zero-order valence-corrected chi connectivity index (χ0v) is 24.7. The van der Waals surface area contributed by atoms with Gasteiger partial charge in [0.15, 0.2) is 11.9 Å². The minimum Gasteiger partial charge on any atom is -0.505 e. The Labute approximate surface area is 252 Å². The van der Waals surface area contributed by atoms with Gasteiger partial charge in [0.1, 0.15) is 30.5 Å². The molecule has 0 aromatic carbocycles. The first kappa shape index (κ1) is 36.9. The topological polar surface area (TPSA) is 224 Å². The molecule has 0 aliphatic carbocycles. The van der Waals surface area contributed by atoms with Crippen molar-refractivity contribution in [3.8, 4) is 0 Å². The zero-order valence-electron chi connectivity index (χ0n) is 24.7. The summed E-state index contributed by atoms with van der Waals surface area (Å²) in [6.45, 7) is -0.715. The number of carbonyl (C=O) groups is 2. The molecule has 0 aromatic heterocycles. The second-order valence-corrected chi connectivity index (χ2v) is 11.3. The third-order valence-corrected chi connectivity index (χ3v) is 7.76. The van der Waals surface area contributed by atoms with Crippen LogP contribution in [0.1, 0.15) is 96.3 Å². The van der Waals surface area contributed by atoms with Crippen LogP contribution in [0.15, 0.2) is 23.7 Å². The van der Waals surface area contributed by atoms with Gasteiger partial charge in [-0.05, 0) is 38.5 Å². The van der Waals surface area contributed by atoms with E-state index in [2.05, 4.69) is 12.2 Å². The van der Waals surface area contributed by atoms with Gasteiger partial charge in [0.2, 0.25) is 12.0 Å². The van der Waals surface area contributed by atoms with Crippen molar-refractivity contribution in [1.82, 2.24) is 0 Å². The first-order valence-corrected chi connectivity index (χ1v) is 15.4. The fourth-order valence-electron chi connectivity index (χ4n) is 5.08. The van der Waals surface area contributed by atoms with Crippen LogP contribution in [-0.2, 0) is 23.8 Å². The van der Waals surface area contributed by atoms with E-state index >= 15 is 0 Å². The predicted molar refractivity (Wildman–Crippen MR) is 152 cm³/mol. The minimum atomic E-state index is -1.82. The Bertz CT molecular complexity index is 889. The van der Waals surface area contributed by atoms with Crippen LogP contribution in [0.3, 0.4) is 0 Å². The molecule has 13 nitrogen and oxygen atoms in total. The van der Waals surface area contributed by atoms with Crippen LogP contribution >= 0.6 is 0 Å². The van der Waals surface area contributed by atoms with Gasteiger partial charge in [-0.2, -0.15) is 0 Å². The number of allylic oxidation sites excluding steroid dienone is 2. The van der Waals surface area contributed by atoms with Gasteiger partial charge in [0, 0.05) is 6.42 Å². The van der Waals surface area contributed by atoms with Crippen molar-refractivity contribution >= 4 is 11.9 Å². The second kappa shape index (κ2) is 19.9. The van der Waals surface area contributed by atoms with E-state index in [0.29, 0.717) is 6.42 Å². The molecule has 0 bridgehead atoms. The fourth-order valence-corrected chi connectivity index (χ4v) is 5.08. The average Bonchev–Trinajstić information content (AvgIpc) is 3.26. The molecule has 2 rings (SSSR count). The van der Waals surface area contributed by atoms with Crippen molar-refractivity contribution < 1.29 is 64.7 Å². The lowest BCUT2D eigenvalue weighted by molar-refractivity contribution is -0.291. The predicted octanol–water partition coefficient (Wildman–Crippen LogP) is 1.71. The standard InChI is InChI=1S/C30H50O13/c31-18-20-23(36)24(37)25(38)30(41-20)43-28-26(39)27(42-29(28)40)22(35)19(32)16-14-12-10-8-6-4-2-1-3-5-7-9-11-13-15-17-21(33)34/h1,3,19-20,22-25,27,30-32,35-39H,2,4-18H2,(H,33,34)/b3-1-/t19?,20-,22+,23-,24+,25-,27-,30?/m1/s1. The van der Waals surface area contributed by atoms with E-state index < -0.39 is 79.1 Å². The van der Waals surface area contributed by atoms with Gasteiger partial charge in [-0.15, -0.1) is 0 Å². The molecule has 13 heteroatoms. The van der Waals surface area contributed by atoms with Gasteiger partial charge in [0.25, 0.3) is 0 Å². The summed E-state index contributed by atoms with van der Waals surface area (Å²) in [5.74, 6) is -3.49. The minimum absolute atomic E-state index is 0.216. The lowest BCUT2D eigenvalue weighted by atomic mass is 9.99. The number of aliphatic carboxylic acids is 1. The molecule has 8 atom stereocenters. The number of hydrogen-bond donors (Lipinski definition) is 8. The third kappa shape index (κ3) is 12.3. The smallest absolute Gasteiger partial charge is 0.378 e. The molecule has 248 valence electrons. The number of aliphatic hydroxyl groups excluding tert-OH is 7. The molecule has 0 saturated carbocycles. The number of ether oxygens (including phenoxy) is 3. The van der Waals surface area contributed by atoms with E-state index in [-0.39, 0.29) is 12.8 Å².